The normalized spacial score (nSPS) is 19.6. The number of carbonyl (C=O) groups is 2. The highest BCUT2D eigenvalue weighted by Crippen LogP contribution is 2.19. The molecule has 1 saturated heterocycles. The topological polar surface area (TPSA) is 84.9 Å². The average molecular weight is 293 g/mol. The molecule has 1 aromatic rings. The third-order valence-corrected chi connectivity index (χ3v) is 3.45. The molecule has 0 bridgehead atoms. The number of aliphatic carboxylic acids is 1. The summed E-state index contributed by atoms with van der Waals surface area (Å²) in [5.41, 5.74) is 0.493. The molecule has 1 aliphatic rings. The predicted molar refractivity (Wildman–Crippen MR) is 75.1 cm³/mol. The van der Waals surface area contributed by atoms with Crippen molar-refractivity contribution in [1.29, 1.82) is 0 Å². The van der Waals surface area contributed by atoms with Gasteiger partial charge in [-0.3, -0.25) is 4.79 Å². The number of ether oxygens (including phenoxy) is 2. The maximum Gasteiger partial charge on any atom is 0.330 e. The molecule has 2 atom stereocenters. The van der Waals surface area contributed by atoms with Gasteiger partial charge < -0.3 is 19.9 Å². The molecule has 1 fully saturated rings. The van der Waals surface area contributed by atoms with Gasteiger partial charge in [-0.05, 0) is 37.0 Å². The lowest BCUT2D eigenvalue weighted by atomic mass is 10.0. The molecule has 1 aliphatic heterocycles. The van der Waals surface area contributed by atoms with Gasteiger partial charge in [0.05, 0.1) is 7.11 Å². The smallest absolute Gasteiger partial charge is 0.330 e. The molecule has 0 radical (unpaired) electrons. The number of carboxylic acid groups (broad SMARTS) is 1. The predicted octanol–water partition coefficient (Wildman–Crippen LogP) is 1.51. The van der Waals surface area contributed by atoms with Crippen LogP contribution in [-0.2, 0) is 14.3 Å². The van der Waals surface area contributed by atoms with Crippen LogP contribution in [0, 0.1) is 0 Å². The largest absolute Gasteiger partial charge is 0.497 e. The van der Waals surface area contributed by atoms with Crippen LogP contribution in [0.3, 0.4) is 0 Å². The van der Waals surface area contributed by atoms with Crippen molar-refractivity contribution in [3.63, 3.8) is 0 Å². The second-order valence-electron chi connectivity index (χ2n) is 4.91. The second kappa shape index (κ2) is 7.08. The lowest BCUT2D eigenvalue weighted by molar-refractivity contribution is -0.145. The van der Waals surface area contributed by atoms with Crippen LogP contribution in [-0.4, -0.2) is 36.8 Å². The quantitative estimate of drug-likeness (QED) is 0.859. The lowest BCUT2D eigenvalue weighted by Gasteiger charge is -2.24. The fourth-order valence-corrected chi connectivity index (χ4v) is 2.27. The first-order valence-corrected chi connectivity index (χ1v) is 6.90. The number of carbonyl (C=O) groups excluding carboxylic acids is 1. The van der Waals surface area contributed by atoms with Crippen molar-refractivity contribution in [2.24, 2.45) is 0 Å². The summed E-state index contributed by atoms with van der Waals surface area (Å²) < 4.78 is 10.4. The van der Waals surface area contributed by atoms with E-state index in [1.807, 2.05) is 0 Å². The number of amides is 1. The van der Waals surface area contributed by atoms with Crippen LogP contribution >= 0.6 is 0 Å². The van der Waals surface area contributed by atoms with E-state index in [1.54, 1.807) is 24.3 Å². The van der Waals surface area contributed by atoms with Crippen LogP contribution < -0.4 is 10.1 Å². The van der Waals surface area contributed by atoms with Gasteiger partial charge in [-0.25, -0.2) is 4.79 Å². The minimum absolute atomic E-state index is 0.377. The summed E-state index contributed by atoms with van der Waals surface area (Å²) in [6, 6.07) is 5.48. The number of hydrogen-bond donors (Lipinski definition) is 2. The van der Waals surface area contributed by atoms with E-state index in [0.29, 0.717) is 24.3 Å². The molecule has 0 saturated carbocycles. The van der Waals surface area contributed by atoms with E-state index < -0.39 is 18.1 Å². The van der Waals surface area contributed by atoms with Crippen molar-refractivity contribution >= 4 is 11.9 Å². The third-order valence-electron chi connectivity index (χ3n) is 3.45. The van der Waals surface area contributed by atoms with E-state index in [4.69, 9.17) is 9.47 Å². The van der Waals surface area contributed by atoms with E-state index in [9.17, 15) is 14.7 Å². The van der Waals surface area contributed by atoms with E-state index in [1.165, 1.54) is 7.11 Å². The zero-order valence-corrected chi connectivity index (χ0v) is 11.9. The molecule has 1 heterocycles. The van der Waals surface area contributed by atoms with Gasteiger partial charge in [0.15, 0.2) is 6.04 Å². The molecule has 0 aliphatic carbocycles. The maximum atomic E-state index is 12.1. The Morgan fingerprint density at radius 1 is 1.33 bits per heavy atom. The van der Waals surface area contributed by atoms with Gasteiger partial charge in [0, 0.05) is 6.61 Å². The Hall–Kier alpha value is -2.08. The Labute approximate surface area is 123 Å². The molecule has 6 nitrogen and oxygen atoms in total. The van der Waals surface area contributed by atoms with Gasteiger partial charge in [0.1, 0.15) is 11.9 Å². The van der Waals surface area contributed by atoms with Gasteiger partial charge in [-0.2, -0.15) is 0 Å². The number of carboxylic acids is 1. The van der Waals surface area contributed by atoms with Gasteiger partial charge in [-0.15, -0.1) is 0 Å². The number of hydrogen-bond acceptors (Lipinski definition) is 4. The van der Waals surface area contributed by atoms with Crippen molar-refractivity contribution in [2.75, 3.05) is 13.7 Å². The van der Waals surface area contributed by atoms with Crippen molar-refractivity contribution in [3.8, 4) is 5.75 Å². The first-order valence-electron chi connectivity index (χ1n) is 6.90. The summed E-state index contributed by atoms with van der Waals surface area (Å²) in [6.45, 7) is 0.540. The Kier molecular flexibility index (Phi) is 5.16. The van der Waals surface area contributed by atoms with Crippen molar-refractivity contribution < 1.29 is 24.2 Å². The number of benzene rings is 1. The van der Waals surface area contributed by atoms with Crippen LogP contribution in [0.1, 0.15) is 30.9 Å². The van der Waals surface area contributed by atoms with Crippen LogP contribution in [0.15, 0.2) is 24.3 Å². The second-order valence-corrected chi connectivity index (χ2v) is 4.91. The zero-order valence-electron chi connectivity index (χ0n) is 11.9. The minimum Gasteiger partial charge on any atom is -0.497 e. The lowest BCUT2D eigenvalue weighted by Crippen LogP contribution is -2.42. The van der Waals surface area contributed by atoms with Crippen molar-refractivity contribution in [3.05, 3.63) is 29.8 Å². The standard InChI is InChI=1S/C15H19NO5/c1-20-11-7-5-10(6-8-11)13(15(18)19)16-14(17)12-4-2-3-9-21-12/h5-8,12-13H,2-4,9H2,1H3,(H,16,17)(H,18,19). The van der Waals surface area contributed by atoms with Gasteiger partial charge in [-0.1, -0.05) is 12.1 Å². The summed E-state index contributed by atoms with van der Waals surface area (Å²) in [6.07, 6.45) is 1.92. The van der Waals surface area contributed by atoms with Crippen LogP contribution in [0.25, 0.3) is 0 Å². The zero-order chi connectivity index (χ0) is 15.2. The molecular formula is C15H19NO5. The van der Waals surface area contributed by atoms with Crippen LogP contribution in [0.5, 0.6) is 5.75 Å². The number of nitrogens with one attached hydrogen (secondary N) is 1. The summed E-state index contributed by atoms with van der Waals surface area (Å²) in [7, 11) is 1.53. The average Bonchev–Trinajstić information content (AvgIpc) is 2.53. The van der Waals surface area contributed by atoms with Gasteiger partial charge in [0.25, 0.3) is 0 Å². The Morgan fingerprint density at radius 3 is 2.57 bits per heavy atom. The van der Waals surface area contributed by atoms with E-state index in [-0.39, 0.29) is 5.91 Å². The van der Waals surface area contributed by atoms with Gasteiger partial charge in [0.2, 0.25) is 5.91 Å². The van der Waals surface area contributed by atoms with Crippen LogP contribution in [0.4, 0.5) is 0 Å². The first kappa shape index (κ1) is 15.3. The molecular weight excluding hydrogens is 274 g/mol. The molecule has 0 spiro atoms. The van der Waals surface area contributed by atoms with Crippen molar-refractivity contribution in [1.82, 2.24) is 5.32 Å². The Bertz CT molecular complexity index is 493. The molecule has 2 rings (SSSR count). The summed E-state index contributed by atoms with van der Waals surface area (Å²) in [5, 5.41) is 11.8. The Balaban J connectivity index is 2.07. The minimum atomic E-state index is -1.11. The monoisotopic (exact) mass is 293 g/mol. The molecule has 6 heteroatoms. The highest BCUT2D eigenvalue weighted by molar-refractivity contribution is 5.87. The fraction of sp³-hybridized carbons (Fsp3) is 0.467. The highest BCUT2D eigenvalue weighted by Gasteiger charge is 2.28. The Morgan fingerprint density at radius 2 is 2.05 bits per heavy atom. The summed E-state index contributed by atoms with van der Waals surface area (Å²) >= 11 is 0. The molecule has 0 aromatic heterocycles. The molecule has 1 amide bonds. The fourth-order valence-electron chi connectivity index (χ4n) is 2.27. The maximum absolute atomic E-state index is 12.1. The SMILES string of the molecule is COc1ccc(C(NC(=O)C2CCCCO2)C(=O)O)cc1. The highest BCUT2D eigenvalue weighted by atomic mass is 16.5. The van der Waals surface area contributed by atoms with Gasteiger partial charge >= 0.3 is 5.97 Å². The summed E-state index contributed by atoms with van der Waals surface area (Å²) in [5.74, 6) is -0.855. The third kappa shape index (κ3) is 3.95. The van der Waals surface area contributed by atoms with Crippen molar-refractivity contribution in [2.45, 2.75) is 31.4 Å². The molecule has 21 heavy (non-hydrogen) atoms. The molecule has 114 valence electrons. The van der Waals surface area contributed by atoms with E-state index in [0.717, 1.165) is 12.8 Å². The number of methoxy groups -OCH3 is 1. The summed E-state index contributed by atoms with van der Waals surface area (Å²) in [4.78, 5) is 23.5. The van der Waals surface area contributed by atoms with E-state index in [2.05, 4.69) is 5.32 Å². The number of rotatable bonds is 5. The first-order chi connectivity index (χ1) is 10.1. The van der Waals surface area contributed by atoms with E-state index >= 15 is 0 Å². The molecule has 2 N–H and O–H groups in total. The van der Waals surface area contributed by atoms with Crippen LogP contribution in [0.2, 0.25) is 0 Å². The molecule has 2 unspecified atom stereocenters. The molecule has 1 aromatic carbocycles.